The van der Waals surface area contributed by atoms with Crippen LogP contribution in [0.2, 0.25) is 0 Å². The minimum absolute atomic E-state index is 0.269. The van der Waals surface area contributed by atoms with Crippen LogP contribution in [0.5, 0.6) is 11.5 Å². The Morgan fingerprint density at radius 3 is 2.23 bits per heavy atom. The van der Waals surface area contributed by atoms with Crippen LogP contribution in [0.4, 0.5) is 0 Å². The summed E-state index contributed by atoms with van der Waals surface area (Å²) in [6.45, 7) is 5.38. The number of nitrogens with one attached hydrogen (secondary N) is 1. The Labute approximate surface area is 183 Å². The van der Waals surface area contributed by atoms with Crippen molar-refractivity contribution in [2.24, 2.45) is 5.10 Å². The van der Waals surface area contributed by atoms with Gasteiger partial charge in [0.25, 0.3) is 5.91 Å². The molecule has 0 atom stereocenters. The van der Waals surface area contributed by atoms with E-state index in [9.17, 15) is 4.79 Å². The Morgan fingerprint density at radius 1 is 0.903 bits per heavy atom. The maximum atomic E-state index is 12.2. The molecule has 0 spiro atoms. The van der Waals surface area contributed by atoms with Gasteiger partial charge in [-0.25, -0.2) is 5.43 Å². The summed E-state index contributed by atoms with van der Waals surface area (Å²) in [5.41, 5.74) is 6.29. The fourth-order valence-corrected chi connectivity index (χ4v) is 2.77. The van der Waals surface area contributed by atoms with E-state index in [-0.39, 0.29) is 5.91 Å². The van der Waals surface area contributed by atoms with Crippen LogP contribution in [0.15, 0.2) is 77.9 Å². The van der Waals surface area contributed by atoms with Crippen LogP contribution in [0.1, 0.15) is 46.8 Å². The number of rotatable bonds is 10. The SMILES string of the molecule is CCCCOc1ccc(C(=O)NN=Cc2ccc(OCc3ccc(C)cc3)cc2)cc1. The van der Waals surface area contributed by atoms with Gasteiger partial charge in [0.15, 0.2) is 0 Å². The Morgan fingerprint density at radius 2 is 1.55 bits per heavy atom. The number of amides is 1. The minimum atomic E-state index is -0.269. The first kappa shape index (κ1) is 22.1. The smallest absolute Gasteiger partial charge is 0.271 e. The Kier molecular flexibility index (Phi) is 8.23. The monoisotopic (exact) mass is 416 g/mol. The molecule has 1 N–H and O–H groups in total. The van der Waals surface area contributed by atoms with Crippen molar-refractivity contribution in [1.29, 1.82) is 0 Å². The molecule has 0 unspecified atom stereocenters. The molecule has 31 heavy (non-hydrogen) atoms. The van der Waals surface area contributed by atoms with Crippen molar-refractivity contribution < 1.29 is 14.3 Å². The molecule has 0 aromatic heterocycles. The van der Waals surface area contributed by atoms with Crippen molar-refractivity contribution in [3.05, 3.63) is 95.1 Å². The number of unbranched alkanes of at least 4 members (excludes halogenated alkanes) is 1. The number of benzene rings is 3. The molecule has 160 valence electrons. The molecule has 0 aliphatic heterocycles. The van der Waals surface area contributed by atoms with Crippen LogP contribution in [-0.2, 0) is 6.61 Å². The van der Waals surface area contributed by atoms with Crippen molar-refractivity contribution in [1.82, 2.24) is 5.43 Å². The molecule has 1 amide bonds. The maximum Gasteiger partial charge on any atom is 0.271 e. The Bertz CT molecular complexity index is 979. The first-order valence-corrected chi connectivity index (χ1v) is 10.5. The molecule has 5 heteroatoms. The van der Waals surface area contributed by atoms with Crippen LogP contribution < -0.4 is 14.9 Å². The molecule has 0 radical (unpaired) electrons. The van der Waals surface area contributed by atoms with Gasteiger partial charge >= 0.3 is 0 Å². The summed E-state index contributed by atoms with van der Waals surface area (Å²) in [5.74, 6) is 1.27. The van der Waals surface area contributed by atoms with Gasteiger partial charge in [0.1, 0.15) is 18.1 Å². The minimum Gasteiger partial charge on any atom is -0.494 e. The van der Waals surface area contributed by atoms with Crippen LogP contribution >= 0.6 is 0 Å². The lowest BCUT2D eigenvalue weighted by Crippen LogP contribution is -2.17. The molecule has 0 saturated carbocycles. The van der Waals surface area contributed by atoms with E-state index < -0.39 is 0 Å². The average Bonchev–Trinajstić information content (AvgIpc) is 2.80. The van der Waals surface area contributed by atoms with Crippen molar-refractivity contribution >= 4 is 12.1 Å². The lowest BCUT2D eigenvalue weighted by Gasteiger charge is -2.07. The topological polar surface area (TPSA) is 59.9 Å². The Hall–Kier alpha value is -3.60. The quantitative estimate of drug-likeness (QED) is 0.269. The second kappa shape index (κ2) is 11.6. The van der Waals surface area contributed by atoms with Crippen LogP contribution in [0.3, 0.4) is 0 Å². The van der Waals surface area contributed by atoms with E-state index in [2.05, 4.69) is 48.6 Å². The molecule has 3 aromatic rings. The van der Waals surface area contributed by atoms with E-state index in [1.54, 1.807) is 30.5 Å². The third-order valence-electron chi connectivity index (χ3n) is 4.67. The molecule has 0 aliphatic carbocycles. The Balaban J connectivity index is 1.45. The summed E-state index contributed by atoms with van der Waals surface area (Å²) in [5, 5.41) is 4.04. The number of ether oxygens (including phenoxy) is 2. The second-order valence-electron chi connectivity index (χ2n) is 7.27. The summed E-state index contributed by atoms with van der Waals surface area (Å²) in [6.07, 6.45) is 3.70. The van der Waals surface area contributed by atoms with E-state index in [1.807, 2.05) is 24.3 Å². The number of carbonyl (C=O) groups excluding carboxylic acids is 1. The molecule has 0 saturated heterocycles. The summed E-state index contributed by atoms with van der Waals surface area (Å²) >= 11 is 0. The van der Waals surface area contributed by atoms with Gasteiger partial charge in [-0.3, -0.25) is 4.79 Å². The van der Waals surface area contributed by atoms with E-state index >= 15 is 0 Å². The van der Waals surface area contributed by atoms with Crippen molar-refractivity contribution in [3.63, 3.8) is 0 Å². The molecule has 0 bridgehead atoms. The summed E-state index contributed by atoms with van der Waals surface area (Å²) in [4.78, 5) is 12.2. The van der Waals surface area contributed by atoms with E-state index in [0.717, 1.165) is 35.5 Å². The molecule has 3 aromatic carbocycles. The van der Waals surface area contributed by atoms with Gasteiger partial charge in [0.05, 0.1) is 12.8 Å². The highest BCUT2D eigenvalue weighted by Gasteiger charge is 2.04. The predicted molar refractivity (Wildman–Crippen MR) is 124 cm³/mol. The zero-order valence-electron chi connectivity index (χ0n) is 18.0. The number of nitrogens with zero attached hydrogens (tertiary/aromatic N) is 1. The molecule has 0 aliphatic rings. The third-order valence-corrected chi connectivity index (χ3v) is 4.67. The summed E-state index contributed by atoms with van der Waals surface area (Å²) in [7, 11) is 0. The number of hydrogen-bond acceptors (Lipinski definition) is 4. The average molecular weight is 417 g/mol. The van der Waals surface area contributed by atoms with Gasteiger partial charge in [0, 0.05) is 5.56 Å². The zero-order valence-corrected chi connectivity index (χ0v) is 18.0. The predicted octanol–water partition coefficient (Wildman–Crippen LogP) is 5.52. The van der Waals surface area contributed by atoms with Crippen LogP contribution in [0.25, 0.3) is 0 Å². The first-order chi connectivity index (χ1) is 15.1. The van der Waals surface area contributed by atoms with Gasteiger partial charge in [0.2, 0.25) is 0 Å². The fraction of sp³-hybridized carbons (Fsp3) is 0.231. The third kappa shape index (κ3) is 7.30. The van der Waals surface area contributed by atoms with Crippen LogP contribution in [0, 0.1) is 6.92 Å². The van der Waals surface area contributed by atoms with Crippen molar-refractivity contribution in [3.8, 4) is 11.5 Å². The number of aryl methyl sites for hydroxylation is 1. The lowest BCUT2D eigenvalue weighted by atomic mass is 10.2. The number of hydrazone groups is 1. The highest BCUT2D eigenvalue weighted by Crippen LogP contribution is 2.15. The number of carbonyl (C=O) groups is 1. The first-order valence-electron chi connectivity index (χ1n) is 10.5. The van der Waals surface area contributed by atoms with E-state index in [1.165, 1.54) is 5.56 Å². The molecule has 0 heterocycles. The highest BCUT2D eigenvalue weighted by molar-refractivity contribution is 5.95. The summed E-state index contributed by atoms with van der Waals surface area (Å²) in [6, 6.07) is 22.9. The standard InChI is InChI=1S/C26H28N2O3/c1-3-4-17-30-24-15-11-23(12-16-24)26(29)28-27-18-21-9-13-25(14-10-21)31-19-22-7-5-20(2)6-8-22/h5-16,18H,3-4,17,19H2,1-2H3,(H,28,29). The number of hydrogen-bond donors (Lipinski definition) is 1. The van der Waals surface area contributed by atoms with Crippen molar-refractivity contribution in [2.45, 2.75) is 33.3 Å². The van der Waals surface area contributed by atoms with Crippen molar-refractivity contribution in [2.75, 3.05) is 6.61 Å². The van der Waals surface area contributed by atoms with Gasteiger partial charge in [-0.05, 0) is 73.0 Å². The molecule has 3 rings (SSSR count). The fourth-order valence-electron chi connectivity index (χ4n) is 2.77. The van der Waals surface area contributed by atoms with E-state index in [4.69, 9.17) is 9.47 Å². The summed E-state index contributed by atoms with van der Waals surface area (Å²) < 4.78 is 11.4. The van der Waals surface area contributed by atoms with Gasteiger partial charge < -0.3 is 9.47 Å². The molecule has 5 nitrogen and oxygen atoms in total. The lowest BCUT2D eigenvalue weighted by molar-refractivity contribution is 0.0955. The highest BCUT2D eigenvalue weighted by atomic mass is 16.5. The normalized spacial score (nSPS) is 10.8. The second-order valence-corrected chi connectivity index (χ2v) is 7.27. The zero-order chi connectivity index (χ0) is 21.9. The molecular weight excluding hydrogens is 388 g/mol. The largest absolute Gasteiger partial charge is 0.494 e. The van der Waals surface area contributed by atoms with Gasteiger partial charge in [-0.15, -0.1) is 0 Å². The van der Waals surface area contributed by atoms with Gasteiger partial charge in [-0.1, -0.05) is 43.2 Å². The van der Waals surface area contributed by atoms with Crippen LogP contribution in [-0.4, -0.2) is 18.7 Å². The molecular formula is C26H28N2O3. The maximum absolute atomic E-state index is 12.2. The molecule has 0 fully saturated rings. The van der Waals surface area contributed by atoms with E-state index in [0.29, 0.717) is 18.8 Å². The van der Waals surface area contributed by atoms with Gasteiger partial charge in [-0.2, -0.15) is 5.10 Å².